The van der Waals surface area contributed by atoms with Gasteiger partial charge in [-0.25, -0.2) is 4.98 Å². The van der Waals surface area contributed by atoms with Crippen molar-refractivity contribution in [3.63, 3.8) is 0 Å². The molecule has 2 aromatic heterocycles. The standard InChI is InChI=1S/C21H20N4OS/c1-14-11-15(2)19-18(12-14)27-21(22-19)25(13-16-7-5-4-6-8-16)20(26)17-9-10-24(3)23-17/h4-12H,13H2,1-3H3. The Labute approximate surface area is 161 Å². The number of hydrogen-bond acceptors (Lipinski definition) is 4. The summed E-state index contributed by atoms with van der Waals surface area (Å²) in [5.41, 5.74) is 4.74. The van der Waals surface area contributed by atoms with Crippen molar-refractivity contribution in [2.75, 3.05) is 4.90 Å². The topological polar surface area (TPSA) is 51.0 Å². The third-order valence-electron chi connectivity index (χ3n) is 4.41. The van der Waals surface area contributed by atoms with Gasteiger partial charge in [0.05, 0.1) is 16.8 Å². The highest BCUT2D eigenvalue weighted by Gasteiger charge is 2.24. The number of nitrogens with zero attached hydrogens (tertiary/aromatic N) is 4. The minimum Gasteiger partial charge on any atom is -0.278 e. The Morgan fingerprint density at radius 2 is 1.93 bits per heavy atom. The third-order valence-corrected chi connectivity index (χ3v) is 5.44. The first kappa shape index (κ1) is 17.4. The average molecular weight is 376 g/mol. The second kappa shape index (κ2) is 6.96. The monoisotopic (exact) mass is 376 g/mol. The summed E-state index contributed by atoms with van der Waals surface area (Å²) in [6.07, 6.45) is 1.78. The lowest BCUT2D eigenvalue weighted by Gasteiger charge is -2.19. The molecule has 4 rings (SSSR count). The molecule has 27 heavy (non-hydrogen) atoms. The molecule has 0 aliphatic carbocycles. The minimum absolute atomic E-state index is 0.145. The van der Waals surface area contributed by atoms with Gasteiger partial charge in [0.2, 0.25) is 0 Å². The van der Waals surface area contributed by atoms with E-state index in [-0.39, 0.29) is 5.91 Å². The number of thiazole rings is 1. The Balaban J connectivity index is 1.79. The van der Waals surface area contributed by atoms with Crippen molar-refractivity contribution in [2.45, 2.75) is 20.4 Å². The smallest absolute Gasteiger partial charge is 0.278 e. The Morgan fingerprint density at radius 3 is 2.63 bits per heavy atom. The van der Waals surface area contributed by atoms with Crippen LogP contribution >= 0.6 is 11.3 Å². The Morgan fingerprint density at radius 1 is 1.15 bits per heavy atom. The van der Waals surface area contributed by atoms with E-state index in [1.807, 2.05) is 37.4 Å². The normalized spacial score (nSPS) is 11.1. The van der Waals surface area contributed by atoms with Gasteiger partial charge in [-0.3, -0.25) is 14.4 Å². The van der Waals surface area contributed by atoms with Crippen LogP contribution < -0.4 is 4.90 Å². The van der Waals surface area contributed by atoms with Gasteiger partial charge in [0.25, 0.3) is 5.91 Å². The molecule has 0 atom stereocenters. The number of carbonyl (C=O) groups excluding carboxylic acids is 1. The first-order valence-electron chi connectivity index (χ1n) is 8.74. The molecule has 0 N–H and O–H groups in total. The lowest BCUT2D eigenvalue weighted by Crippen LogP contribution is -2.30. The lowest BCUT2D eigenvalue weighted by molar-refractivity contribution is 0.0979. The molecule has 6 heteroatoms. The van der Waals surface area contributed by atoms with E-state index in [4.69, 9.17) is 4.98 Å². The third kappa shape index (κ3) is 3.48. The van der Waals surface area contributed by atoms with E-state index >= 15 is 0 Å². The first-order valence-corrected chi connectivity index (χ1v) is 9.56. The predicted octanol–water partition coefficient (Wildman–Crippen LogP) is 4.49. The number of fused-ring (bicyclic) bond motifs is 1. The van der Waals surface area contributed by atoms with Crippen LogP contribution in [-0.4, -0.2) is 20.7 Å². The van der Waals surface area contributed by atoms with Gasteiger partial charge in [-0.1, -0.05) is 47.7 Å². The largest absolute Gasteiger partial charge is 0.280 e. The number of benzene rings is 2. The quantitative estimate of drug-likeness (QED) is 0.527. The van der Waals surface area contributed by atoms with Crippen LogP contribution in [0.1, 0.15) is 27.2 Å². The minimum atomic E-state index is -0.145. The number of hydrogen-bond donors (Lipinski definition) is 0. The second-order valence-corrected chi connectivity index (χ2v) is 7.69. The van der Waals surface area contributed by atoms with Gasteiger partial charge in [0.1, 0.15) is 0 Å². The van der Waals surface area contributed by atoms with E-state index in [1.54, 1.807) is 33.2 Å². The fraction of sp³-hybridized carbons (Fsp3) is 0.190. The maximum Gasteiger partial charge on any atom is 0.280 e. The summed E-state index contributed by atoms with van der Waals surface area (Å²) in [7, 11) is 1.81. The molecule has 5 nitrogen and oxygen atoms in total. The van der Waals surface area contributed by atoms with Crippen LogP contribution in [0.15, 0.2) is 54.7 Å². The average Bonchev–Trinajstić information content (AvgIpc) is 3.26. The Hall–Kier alpha value is -2.99. The summed E-state index contributed by atoms with van der Waals surface area (Å²) in [6.45, 7) is 4.58. The highest BCUT2D eigenvalue weighted by atomic mass is 32.1. The summed E-state index contributed by atoms with van der Waals surface area (Å²) in [6, 6.07) is 15.9. The van der Waals surface area contributed by atoms with Gasteiger partial charge in [-0.2, -0.15) is 5.10 Å². The summed E-state index contributed by atoms with van der Waals surface area (Å²) in [5.74, 6) is -0.145. The van der Waals surface area contributed by atoms with Gasteiger partial charge < -0.3 is 0 Å². The van der Waals surface area contributed by atoms with E-state index in [0.29, 0.717) is 17.4 Å². The lowest BCUT2D eigenvalue weighted by atomic mass is 10.1. The van der Waals surface area contributed by atoms with Gasteiger partial charge in [-0.05, 0) is 42.7 Å². The predicted molar refractivity (Wildman–Crippen MR) is 109 cm³/mol. The van der Waals surface area contributed by atoms with Crippen molar-refractivity contribution >= 4 is 32.6 Å². The highest BCUT2D eigenvalue weighted by molar-refractivity contribution is 7.22. The molecule has 0 aliphatic rings. The fourth-order valence-electron chi connectivity index (χ4n) is 3.13. The molecule has 0 saturated heterocycles. The maximum atomic E-state index is 13.2. The number of rotatable bonds is 4. The van der Waals surface area contributed by atoms with Crippen molar-refractivity contribution in [1.29, 1.82) is 0 Å². The molecular formula is C21H20N4OS. The zero-order valence-corrected chi connectivity index (χ0v) is 16.3. The molecule has 136 valence electrons. The molecule has 1 amide bonds. The van der Waals surface area contributed by atoms with Crippen molar-refractivity contribution < 1.29 is 4.79 Å². The van der Waals surface area contributed by atoms with Gasteiger partial charge in [0, 0.05) is 13.2 Å². The summed E-state index contributed by atoms with van der Waals surface area (Å²) in [5, 5.41) is 4.98. The first-order chi connectivity index (χ1) is 13.0. The summed E-state index contributed by atoms with van der Waals surface area (Å²) < 4.78 is 2.73. The van der Waals surface area contributed by atoms with Crippen molar-refractivity contribution in [3.8, 4) is 0 Å². The van der Waals surface area contributed by atoms with Gasteiger partial charge in [0.15, 0.2) is 10.8 Å². The Bertz CT molecular complexity index is 1110. The molecule has 0 bridgehead atoms. The van der Waals surface area contributed by atoms with Crippen LogP contribution in [0.5, 0.6) is 0 Å². The van der Waals surface area contributed by atoms with E-state index in [9.17, 15) is 4.79 Å². The van der Waals surface area contributed by atoms with E-state index in [2.05, 4.69) is 31.1 Å². The molecule has 0 saturated carbocycles. The highest BCUT2D eigenvalue weighted by Crippen LogP contribution is 2.33. The maximum absolute atomic E-state index is 13.2. The molecule has 0 fully saturated rings. The van der Waals surface area contributed by atoms with E-state index in [0.717, 1.165) is 21.3 Å². The molecular weight excluding hydrogens is 356 g/mol. The second-order valence-electron chi connectivity index (χ2n) is 6.68. The molecule has 2 aromatic carbocycles. The molecule has 0 spiro atoms. The van der Waals surface area contributed by atoms with E-state index < -0.39 is 0 Å². The van der Waals surface area contributed by atoms with Crippen LogP contribution in [0.25, 0.3) is 10.2 Å². The number of amides is 1. The van der Waals surface area contributed by atoms with Gasteiger partial charge >= 0.3 is 0 Å². The van der Waals surface area contributed by atoms with E-state index in [1.165, 1.54) is 5.56 Å². The van der Waals surface area contributed by atoms with Crippen LogP contribution in [0.3, 0.4) is 0 Å². The van der Waals surface area contributed by atoms with Crippen molar-refractivity contribution in [1.82, 2.24) is 14.8 Å². The number of anilines is 1. The molecule has 2 heterocycles. The molecule has 0 unspecified atom stereocenters. The van der Waals surface area contributed by atoms with Crippen molar-refractivity contribution in [2.24, 2.45) is 7.05 Å². The summed E-state index contributed by atoms with van der Waals surface area (Å²) >= 11 is 1.54. The van der Waals surface area contributed by atoms with Gasteiger partial charge in [-0.15, -0.1) is 0 Å². The molecule has 0 aliphatic heterocycles. The molecule has 0 radical (unpaired) electrons. The number of carbonyl (C=O) groups is 1. The van der Waals surface area contributed by atoms with Crippen molar-refractivity contribution in [3.05, 3.63) is 77.1 Å². The van der Waals surface area contributed by atoms with Crippen LogP contribution in [0, 0.1) is 13.8 Å². The van der Waals surface area contributed by atoms with Crippen LogP contribution in [0.4, 0.5) is 5.13 Å². The zero-order valence-electron chi connectivity index (χ0n) is 15.5. The number of aromatic nitrogens is 3. The van der Waals surface area contributed by atoms with Crippen LogP contribution in [0.2, 0.25) is 0 Å². The number of aryl methyl sites for hydroxylation is 3. The van der Waals surface area contributed by atoms with Crippen LogP contribution in [-0.2, 0) is 13.6 Å². The Kier molecular flexibility index (Phi) is 4.49. The summed E-state index contributed by atoms with van der Waals surface area (Å²) in [4.78, 5) is 19.7. The molecule has 4 aromatic rings. The zero-order chi connectivity index (χ0) is 19.0. The fourth-order valence-corrected chi connectivity index (χ4v) is 4.27. The SMILES string of the molecule is Cc1cc(C)c2nc(N(Cc3ccccc3)C(=O)c3ccn(C)n3)sc2c1.